The van der Waals surface area contributed by atoms with Gasteiger partial charge in [0.1, 0.15) is 0 Å². The van der Waals surface area contributed by atoms with Gasteiger partial charge in [0.05, 0.1) is 16.6 Å². The second kappa shape index (κ2) is 4.06. The van der Waals surface area contributed by atoms with Crippen molar-refractivity contribution in [1.82, 2.24) is 4.98 Å². The van der Waals surface area contributed by atoms with Gasteiger partial charge in [-0.1, -0.05) is 11.6 Å². The van der Waals surface area contributed by atoms with Crippen LogP contribution in [0.5, 0.6) is 0 Å². The molecule has 5 heteroatoms. The van der Waals surface area contributed by atoms with Gasteiger partial charge in [-0.25, -0.2) is 0 Å². The van der Waals surface area contributed by atoms with E-state index in [4.69, 9.17) is 16.7 Å². The Kier molecular flexibility index (Phi) is 2.77. The lowest BCUT2D eigenvalue weighted by Gasteiger charge is -2.18. The number of aliphatic carboxylic acids is 1. The molecule has 0 amide bonds. The maximum atomic E-state index is 10.8. The predicted molar refractivity (Wildman–Crippen MR) is 57.2 cm³/mol. The third-order valence-electron chi connectivity index (χ3n) is 2.63. The van der Waals surface area contributed by atoms with E-state index >= 15 is 0 Å². The van der Waals surface area contributed by atoms with E-state index in [2.05, 4.69) is 4.98 Å². The summed E-state index contributed by atoms with van der Waals surface area (Å²) in [6.07, 6.45) is 3.91. The van der Waals surface area contributed by atoms with Gasteiger partial charge in [0.25, 0.3) is 0 Å². The van der Waals surface area contributed by atoms with Crippen molar-refractivity contribution >= 4 is 23.3 Å². The van der Waals surface area contributed by atoms with Gasteiger partial charge in [0.2, 0.25) is 0 Å². The highest BCUT2D eigenvalue weighted by atomic mass is 35.5. The van der Waals surface area contributed by atoms with Gasteiger partial charge in [-0.15, -0.1) is 0 Å². The first-order chi connectivity index (χ1) is 7.18. The smallest absolute Gasteiger partial charge is 0.308 e. The van der Waals surface area contributed by atoms with Crippen molar-refractivity contribution in [1.29, 1.82) is 0 Å². The first-order valence-electron chi connectivity index (χ1n) is 4.76. The zero-order chi connectivity index (χ0) is 10.8. The van der Waals surface area contributed by atoms with Gasteiger partial charge < -0.3 is 10.0 Å². The van der Waals surface area contributed by atoms with Gasteiger partial charge in [-0.3, -0.25) is 9.78 Å². The van der Waals surface area contributed by atoms with Crippen molar-refractivity contribution in [2.24, 2.45) is 5.92 Å². The van der Waals surface area contributed by atoms with Crippen LogP contribution in [0, 0.1) is 5.92 Å². The van der Waals surface area contributed by atoms with Crippen LogP contribution in [-0.4, -0.2) is 29.1 Å². The highest BCUT2D eigenvalue weighted by Gasteiger charge is 2.28. The molecule has 1 atom stereocenters. The van der Waals surface area contributed by atoms with Crippen LogP contribution in [0.3, 0.4) is 0 Å². The molecule has 0 aromatic carbocycles. The van der Waals surface area contributed by atoms with E-state index in [1.165, 1.54) is 0 Å². The maximum absolute atomic E-state index is 10.8. The van der Waals surface area contributed by atoms with Crippen molar-refractivity contribution in [2.45, 2.75) is 6.42 Å². The van der Waals surface area contributed by atoms with Crippen LogP contribution >= 0.6 is 11.6 Å². The third kappa shape index (κ3) is 2.04. The van der Waals surface area contributed by atoms with Gasteiger partial charge in [0.15, 0.2) is 0 Å². The summed E-state index contributed by atoms with van der Waals surface area (Å²) in [5.74, 6) is -1.02. The van der Waals surface area contributed by atoms with E-state index in [1.54, 1.807) is 12.4 Å². The van der Waals surface area contributed by atoms with Crippen LogP contribution in [0.2, 0.25) is 5.02 Å². The molecule has 2 heterocycles. The van der Waals surface area contributed by atoms with Crippen LogP contribution in [0.1, 0.15) is 6.42 Å². The maximum Gasteiger partial charge on any atom is 0.308 e. The summed E-state index contributed by atoms with van der Waals surface area (Å²) in [5, 5.41) is 9.45. The number of rotatable bonds is 2. The summed E-state index contributed by atoms with van der Waals surface area (Å²) in [5.41, 5.74) is 0.871. The molecule has 1 aromatic rings. The summed E-state index contributed by atoms with van der Waals surface area (Å²) < 4.78 is 0. The first kappa shape index (κ1) is 10.2. The molecule has 0 radical (unpaired) electrons. The average molecular weight is 227 g/mol. The lowest BCUT2D eigenvalue weighted by atomic mass is 10.1. The van der Waals surface area contributed by atoms with Gasteiger partial charge >= 0.3 is 5.97 Å². The number of carboxylic acids is 1. The standard InChI is InChI=1S/C10H11ClN2O2/c11-8-5-12-3-1-9(8)13-4-2-7(6-13)10(14)15/h1,3,5,7H,2,4,6H2,(H,14,15). The Morgan fingerprint density at radius 2 is 2.47 bits per heavy atom. The Labute approximate surface area is 92.5 Å². The number of carboxylic acid groups (broad SMARTS) is 1. The van der Waals surface area contributed by atoms with E-state index in [9.17, 15) is 4.79 Å². The SMILES string of the molecule is O=C(O)C1CCN(c2ccncc2Cl)C1. The molecule has 0 bridgehead atoms. The average Bonchev–Trinajstić information content (AvgIpc) is 2.67. The molecule has 4 nitrogen and oxygen atoms in total. The summed E-state index contributed by atoms with van der Waals surface area (Å²) in [4.78, 5) is 16.7. The minimum Gasteiger partial charge on any atom is -0.481 e. The normalized spacial score (nSPS) is 20.6. The quantitative estimate of drug-likeness (QED) is 0.833. The van der Waals surface area contributed by atoms with Gasteiger partial charge in [0, 0.05) is 25.5 Å². The second-order valence-electron chi connectivity index (χ2n) is 3.60. The minimum absolute atomic E-state index is 0.283. The number of anilines is 1. The van der Waals surface area contributed by atoms with Crippen molar-refractivity contribution in [3.8, 4) is 0 Å². The zero-order valence-corrected chi connectivity index (χ0v) is 8.81. The first-order valence-corrected chi connectivity index (χ1v) is 5.13. The largest absolute Gasteiger partial charge is 0.481 e. The Bertz CT molecular complexity index is 383. The molecular weight excluding hydrogens is 216 g/mol. The summed E-state index contributed by atoms with van der Waals surface area (Å²) >= 11 is 5.98. The number of nitrogens with zero attached hydrogens (tertiary/aromatic N) is 2. The van der Waals surface area contributed by atoms with Crippen LogP contribution in [-0.2, 0) is 4.79 Å². The van der Waals surface area contributed by atoms with Crippen molar-refractivity contribution in [2.75, 3.05) is 18.0 Å². The fourth-order valence-electron chi connectivity index (χ4n) is 1.80. The van der Waals surface area contributed by atoms with Crippen LogP contribution in [0.4, 0.5) is 5.69 Å². The van der Waals surface area contributed by atoms with E-state index in [0.29, 0.717) is 18.0 Å². The number of hydrogen-bond donors (Lipinski definition) is 1. The molecule has 15 heavy (non-hydrogen) atoms. The van der Waals surface area contributed by atoms with E-state index < -0.39 is 5.97 Å². The number of halogens is 1. The molecule has 1 aliphatic heterocycles. The molecule has 0 spiro atoms. The molecule has 1 aliphatic rings. The molecule has 1 aromatic heterocycles. The van der Waals surface area contributed by atoms with Crippen LogP contribution < -0.4 is 4.90 Å². The predicted octanol–water partition coefficient (Wildman–Crippen LogP) is 1.65. The summed E-state index contributed by atoms with van der Waals surface area (Å²) in [6, 6.07) is 1.81. The summed E-state index contributed by atoms with van der Waals surface area (Å²) in [7, 11) is 0. The minimum atomic E-state index is -0.734. The van der Waals surface area contributed by atoms with E-state index in [1.807, 2.05) is 11.0 Å². The Morgan fingerprint density at radius 1 is 1.67 bits per heavy atom. The lowest BCUT2D eigenvalue weighted by molar-refractivity contribution is -0.140. The molecule has 0 aliphatic carbocycles. The second-order valence-corrected chi connectivity index (χ2v) is 4.00. The zero-order valence-electron chi connectivity index (χ0n) is 8.06. The molecule has 1 unspecified atom stereocenters. The Morgan fingerprint density at radius 3 is 3.07 bits per heavy atom. The number of pyridine rings is 1. The molecule has 0 saturated carbocycles. The topological polar surface area (TPSA) is 53.4 Å². The van der Waals surface area contributed by atoms with Crippen LogP contribution in [0.25, 0.3) is 0 Å². The van der Waals surface area contributed by atoms with Gasteiger partial charge in [-0.2, -0.15) is 0 Å². The highest BCUT2D eigenvalue weighted by molar-refractivity contribution is 6.33. The van der Waals surface area contributed by atoms with Crippen molar-refractivity contribution in [3.63, 3.8) is 0 Å². The van der Waals surface area contributed by atoms with Crippen molar-refractivity contribution in [3.05, 3.63) is 23.5 Å². The molecule has 80 valence electrons. The fraction of sp³-hybridized carbons (Fsp3) is 0.400. The molecule has 2 rings (SSSR count). The Hall–Kier alpha value is -1.29. The number of carbonyl (C=O) groups is 1. The molecule has 1 fully saturated rings. The highest BCUT2D eigenvalue weighted by Crippen LogP contribution is 2.29. The van der Waals surface area contributed by atoms with Gasteiger partial charge in [-0.05, 0) is 12.5 Å². The summed E-state index contributed by atoms with van der Waals surface area (Å²) in [6.45, 7) is 1.26. The number of aromatic nitrogens is 1. The van der Waals surface area contributed by atoms with E-state index in [-0.39, 0.29) is 5.92 Å². The molecule has 1 saturated heterocycles. The Balaban J connectivity index is 2.14. The fourth-order valence-corrected chi connectivity index (χ4v) is 2.04. The monoisotopic (exact) mass is 226 g/mol. The molecular formula is C10H11ClN2O2. The van der Waals surface area contributed by atoms with Crippen molar-refractivity contribution < 1.29 is 9.90 Å². The number of hydrogen-bond acceptors (Lipinski definition) is 3. The molecule has 1 N–H and O–H groups in total. The lowest BCUT2D eigenvalue weighted by Crippen LogP contribution is -2.22. The van der Waals surface area contributed by atoms with Crippen LogP contribution in [0.15, 0.2) is 18.5 Å². The third-order valence-corrected chi connectivity index (χ3v) is 2.92. The van der Waals surface area contributed by atoms with E-state index in [0.717, 1.165) is 12.2 Å².